The number of benzene rings is 3. The van der Waals surface area contributed by atoms with E-state index in [2.05, 4.69) is 15.5 Å². The minimum absolute atomic E-state index is 0.178. The van der Waals surface area contributed by atoms with Crippen LogP contribution in [0.2, 0.25) is 0 Å². The van der Waals surface area contributed by atoms with E-state index in [4.69, 9.17) is 4.42 Å². The average molecular weight is 381 g/mol. The third-order valence-corrected chi connectivity index (χ3v) is 5.65. The van der Waals surface area contributed by atoms with Crippen molar-refractivity contribution < 1.29 is 9.52 Å². The number of nitrogens with one attached hydrogen (secondary N) is 1. The van der Waals surface area contributed by atoms with Crippen LogP contribution in [0.3, 0.4) is 0 Å². The lowest BCUT2D eigenvalue weighted by Crippen LogP contribution is -2.23. The Balaban J connectivity index is 1.72. The van der Waals surface area contributed by atoms with Crippen LogP contribution < -0.4 is 10.9 Å². The van der Waals surface area contributed by atoms with E-state index in [9.17, 15) is 9.90 Å². The van der Waals surface area contributed by atoms with Gasteiger partial charge in [-0.1, -0.05) is 24.3 Å². The fourth-order valence-electron chi connectivity index (χ4n) is 4.37. The van der Waals surface area contributed by atoms with Gasteiger partial charge in [0.2, 0.25) is 0 Å². The molecule has 6 nitrogen and oxygen atoms in total. The molecule has 0 radical (unpaired) electrons. The minimum atomic E-state index is -0.376. The molecule has 0 bridgehead atoms. The molecule has 3 aromatic carbocycles. The van der Waals surface area contributed by atoms with Crippen LogP contribution in [0, 0.1) is 0 Å². The molecule has 4 aromatic rings. The molecule has 0 amide bonds. The molecular formula is C23H15N3O3. The van der Waals surface area contributed by atoms with Crippen LogP contribution in [-0.4, -0.2) is 5.11 Å². The van der Waals surface area contributed by atoms with Gasteiger partial charge in [0.05, 0.1) is 23.5 Å². The number of rotatable bonds is 1. The first kappa shape index (κ1) is 16.1. The number of phenolic OH excluding ortho intramolecular Hbond substituents is 1. The Kier molecular flexibility index (Phi) is 3.20. The van der Waals surface area contributed by atoms with Crippen LogP contribution in [-0.2, 0) is 6.54 Å². The van der Waals surface area contributed by atoms with Gasteiger partial charge in [0, 0.05) is 22.6 Å². The highest BCUT2D eigenvalue weighted by Crippen LogP contribution is 2.50. The molecule has 1 atom stereocenters. The molecule has 2 aliphatic heterocycles. The van der Waals surface area contributed by atoms with Gasteiger partial charge in [-0.3, -0.25) is 0 Å². The van der Waals surface area contributed by atoms with E-state index in [1.165, 1.54) is 0 Å². The van der Waals surface area contributed by atoms with E-state index in [1.807, 2.05) is 42.5 Å². The van der Waals surface area contributed by atoms with Gasteiger partial charge in [-0.2, -0.15) is 10.2 Å². The molecular weight excluding hydrogens is 366 g/mol. The number of phenols is 1. The highest BCUT2D eigenvalue weighted by molar-refractivity contribution is 5.96. The third-order valence-electron chi connectivity index (χ3n) is 5.65. The number of para-hydroxylation sites is 1. The molecule has 0 saturated carbocycles. The zero-order valence-electron chi connectivity index (χ0n) is 15.2. The summed E-state index contributed by atoms with van der Waals surface area (Å²) in [6.45, 7) is 0.475. The maximum absolute atomic E-state index is 13.1. The van der Waals surface area contributed by atoms with Crippen LogP contribution in [0.4, 0.5) is 17.1 Å². The Labute approximate surface area is 165 Å². The van der Waals surface area contributed by atoms with Crippen LogP contribution >= 0.6 is 0 Å². The summed E-state index contributed by atoms with van der Waals surface area (Å²) in [5.41, 5.74) is 6.12. The van der Waals surface area contributed by atoms with Crippen molar-refractivity contribution in [1.82, 2.24) is 0 Å². The van der Waals surface area contributed by atoms with Crippen molar-refractivity contribution in [3.63, 3.8) is 0 Å². The van der Waals surface area contributed by atoms with E-state index < -0.39 is 0 Å². The first-order valence-electron chi connectivity index (χ1n) is 9.35. The Morgan fingerprint density at radius 1 is 1.00 bits per heavy atom. The summed E-state index contributed by atoms with van der Waals surface area (Å²) in [7, 11) is 0. The van der Waals surface area contributed by atoms with E-state index in [-0.39, 0.29) is 17.3 Å². The predicted molar refractivity (Wildman–Crippen MR) is 109 cm³/mol. The summed E-state index contributed by atoms with van der Waals surface area (Å²) >= 11 is 0. The largest absolute Gasteiger partial charge is 0.508 e. The molecule has 0 fully saturated rings. The molecule has 1 unspecified atom stereocenters. The topological polar surface area (TPSA) is 87.2 Å². The van der Waals surface area contributed by atoms with Crippen LogP contribution in [0.15, 0.2) is 80.1 Å². The molecule has 29 heavy (non-hydrogen) atoms. The first-order valence-corrected chi connectivity index (χ1v) is 9.35. The molecule has 0 saturated heterocycles. The van der Waals surface area contributed by atoms with Crippen molar-refractivity contribution in [2.24, 2.45) is 10.2 Å². The summed E-state index contributed by atoms with van der Waals surface area (Å²) in [6, 6.07) is 18.4. The molecule has 2 N–H and O–H groups in total. The maximum atomic E-state index is 13.1. The number of fused-ring (bicyclic) bond motifs is 6. The van der Waals surface area contributed by atoms with Gasteiger partial charge >= 0.3 is 5.63 Å². The van der Waals surface area contributed by atoms with E-state index in [0.29, 0.717) is 17.7 Å². The van der Waals surface area contributed by atoms with E-state index in [0.717, 1.165) is 39.1 Å². The first-order chi connectivity index (χ1) is 14.2. The van der Waals surface area contributed by atoms with Gasteiger partial charge in [-0.25, -0.2) is 4.79 Å². The van der Waals surface area contributed by atoms with Gasteiger partial charge in [-0.15, -0.1) is 0 Å². The number of aromatic hydroxyl groups is 1. The molecule has 6 heteroatoms. The number of hydrogen-bond donors (Lipinski definition) is 2. The van der Waals surface area contributed by atoms with Crippen LogP contribution in [0.1, 0.15) is 28.2 Å². The normalized spacial score (nSPS) is 16.2. The van der Waals surface area contributed by atoms with Gasteiger partial charge in [0.25, 0.3) is 0 Å². The second-order valence-electron chi connectivity index (χ2n) is 7.25. The SMILES string of the molecule is O=c1oc2ccccc2c2c1C(c1ccc(O)cc1)c1c(ccc3c1CN=N3)N2. The van der Waals surface area contributed by atoms with Crippen LogP contribution in [0.5, 0.6) is 5.75 Å². The Morgan fingerprint density at radius 3 is 2.69 bits per heavy atom. The highest BCUT2D eigenvalue weighted by Gasteiger charge is 2.35. The Morgan fingerprint density at radius 2 is 1.83 bits per heavy atom. The molecule has 140 valence electrons. The molecule has 0 spiro atoms. The minimum Gasteiger partial charge on any atom is -0.508 e. The van der Waals surface area contributed by atoms with Crippen molar-refractivity contribution in [2.45, 2.75) is 12.5 Å². The number of nitrogens with zero attached hydrogens (tertiary/aromatic N) is 2. The fraction of sp³-hybridized carbons (Fsp3) is 0.0870. The Bertz CT molecular complexity index is 1390. The van der Waals surface area contributed by atoms with Crippen molar-refractivity contribution in [3.05, 3.63) is 93.3 Å². The molecule has 2 aliphatic rings. The molecule has 3 heterocycles. The summed E-state index contributed by atoms with van der Waals surface area (Å²) in [5.74, 6) is -0.168. The van der Waals surface area contributed by atoms with E-state index >= 15 is 0 Å². The summed E-state index contributed by atoms with van der Waals surface area (Å²) < 4.78 is 5.68. The third kappa shape index (κ3) is 2.26. The molecule has 6 rings (SSSR count). The van der Waals surface area contributed by atoms with Crippen molar-refractivity contribution >= 4 is 28.0 Å². The van der Waals surface area contributed by atoms with Crippen LogP contribution in [0.25, 0.3) is 11.0 Å². The quantitative estimate of drug-likeness (QED) is 0.384. The summed E-state index contributed by atoms with van der Waals surface area (Å²) in [5, 5.41) is 22.5. The molecule has 0 aliphatic carbocycles. The smallest absolute Gasteiger partial charge is 0.342 e. The number of azo groups is 1. The van der Waals surface area contributed by atoms with Crippen molar-refractivity contribution in [3.8, 4) is 5.75 Å². The van der Waals surface area contributed by atoms with Crippen molar-refractivity contribution in [1.29, 1.82) is 0 Å². The maximum Gasteiger partial charge on any atom is 0.342 e. The average Bonchev–Trinajstić information content (AvgIpc) is 3.22. The zero-order chi connectivity index (χ0) is 19.5. The van der Waals surface area contributed by atoms with Gasteiger partial charge in [0.1, 0.15) is 11.3 Å². The number of hydrogen-bond acceptors (Lipinski definition) is 6. The van der Waals surface area contributed by atoms with Gasteiger partial charge < -0.3 is 14.8 Å². The second kappa shape index (κ2) is 5.78. The Hall–Kier alpha value is -3.93. The predicted octanol–water partition coefficient (Wildman–Crippen LogP) is 5.33. The molecule has 1 aromatic heterocycles. The number of anilines is 2. The fourth-order valence-corrected chi connectivity index (χ4v) is 4.37. The summed E-state index contributed by atoms with van der Waals surface area (Å²) in [6.07, 6.45) is 0. The monoisotopic (exact) mass is 381 g/mol. The lowest BCUT2D eigenvalue weighted by atomic mass is 9.78. The van der Waals surface area contributed by atoms with Crippen molar-refractivity contribution in [2.75, 3.05) is 5.32 Å². The lowest BCUT2D eigenvalue weighted by molar-refractivity contribution is 0.475. The van der Waals surface area contributed by atoms with Gasteiger partial charge in [0.15, 0.2) is 0 Å². The second-order valence-corrected chi connectivity index (χ2v) is 7.25. The van der Waals surface area contributed by atoms with Gasteiger partial charge in [-0.05, 0) is 47.5 Å². The lowest BCUT2D eigenvalue weighted by Gasteiger charge is -2.31. The standard InChI is InChI=1S/C23H15N3O3/c27-13-7-5-12(6-8-13)19-20-15-11-24-26-16(15)9-10-17(20)25-22-14-3-1-2-4-18(14)29-23(28)21(19)22/h1-10,19,25,27H,11H2. The zero-order valence-corrected chi connectivity index (χ0v) is 15.2. The van der Waals surface area contributed by atoms with E-state index in [1.54, 1.807) is 18.2 Å². The summed E-state index contributed by atoms with van der Waals surface area (Å²) in [4.78, 5) is 13.1. The highest BCUT2D eigenvalue weighted by atomic mass is 16.4.